The van der Waals surface area contributed by atoms with Crippen LogP contribution in [0, 0.1) is 0 Å². The lowest BCUT2D eigenvalue weighted by atomic mass is 10.1. The van der Waals surface area contributed by atoms with Gasteiger partial charge in [-0.15, -0.1) is 0 Å². The lowest BCUT2D eigenvalue weighted by Crippen LogP contribution is -2.50. The average Bonchev–Trinajstić information content (AvgIpc) is 2.73. The predicted octanol–water partition coefficient (Wildman–Crippen LogP) is 3.05. The first kappa shape index (κ1) is 22.0. The zero-order valence-corrected chi connectivity index (χ0v) is 16.8. The molecule has 0 bridgehead atoms. The second-order valence-electron chi connectivity index (χ2n) is 6.86. The van der Waals surface area contributed by atoms with E-state index >= 15 is 0 Å². The van der Waals surface area contributed by atoms with Crippen molar-refractivity contribution >= 4 is 21.7 Å². The van der Waals surface area contributed by atoms with Gasteiger partial charge in [0.05, 0.1) is 10.5 Å². The number of sulfonamides is 1. The van der Waals surface area contributed by atoms with Crippen LogP contribution in [0.4, 0.5) is 13.2 Å². The minimum atomic E-state index is -4.56. The number of benzene rings is 2. The van der Waals surface area contributed by atoms with E-state index in [-0.39, 0.29) is 48.0 Å². The van der Waals surface area contributed by atoms with Crippen LogP contribution in [0.5, 0.6) is 0 Å². The molecule has 1 saturated heterocycles. The molecule has 0 unspecified atom stereocenters. The largest absolute Gasteiger partial charge is 0.416 e. The standard InChI is InChI=1S/C20H19F3N2O4S/c1-14(26)15-4-3-7-18(13-15)30(28,29)25-10-8-24(9-11-25)19(27)16-5-2-6-17(12-16)20(21,22)23/h2-7,12-13H,8-11H2,1H3. The maximum Gasteiger partial charge on any atom is 0.416 e. The number of rotatable bonds is 4. The summed E-state index contributed by atoms with van der Waals surface area (Å²) in [7, 11) is -3.86. The van der Waals surface area contributed by atoms with Crippen molar-refractivity contribution in [3.8, 4) is 0 Å². The Labute approximate surface area is 172 Å². The highest BCUT2D eigenvalue weighted by Crippen LogP contribution is 2.30. The molecular weight excluding hydrogens is 421 g/mol. The van der Waals surface area contributed by atoms with Gasteiger partial charge in [-0.2, -0.15) is 17.5 Å². The molecule has 0 aromatic heterocycles. The molecular formula is C20H19F3N2O4S. The van der Waals surface area contributed by atoms with E-state index in [1.165, 1.54) is 52.5 Å². The Morgan fingerprint density at radius 1 is 0.900 bits per heavy atom. The molecule has 1 aliphatic rings. The van der Waals surface area contributed by atoms with Crippen molar-refractivity contribution in [3.05, 3.63) is 65.2 Å². The number of carbonyl (C=O) groups is 2. The molecule has 0 radical (unpaired) electrons. The van der Waals surface area contributed by atoms with Crippen molar-refractivity contribution in [2.45, 2.75) is 18.0 Å². The van der Waals surface area contributed by atoms with Gasteiger partial charge >= 0.3 is 6.18 Å². The first-order valence-electron chi connectivity index (χ1n) is 9.08. The third-order valence-electron chi connectivity index (χ3n) is 4.84. The number of Topliss-reactive ketones (excluding diaryl/α,β-unsaturated/α-hetero) is 1. The summed E-state index contributed by atoms with van der Waals surface area (Å²) >= 11 is 0. The highest BCUT2D eigenvalue weighted by molar-refractivity contribution is 7.89. The summed E-state index contributed by atoms with van der Waals surface area (Å²) in [6.45, 7) is 1.42. The molecule has 0 aliphatic carbocycles. The molecule has 2 aromatic carbocycles. The second-order valence-corrected chi connectivity index (χ2v) is 8.80. The molecule has 0 spiro atoms. The van der Waals surface area contributed by atoms with Crippen molar-refractivity contribution in [2.24, 2.45) is 0 Å². The van der Waals surface area contributed by atoms with Gasteiger partial charge in [0.25, 0.3) is 5.91 Å². The summed E-state index contributed by atoms with van der Waals surface area (Å²) in [6.07, 6.45) is -4.56. The van der Waals surface area contributed by atoms with E-state index in [1.807, 2.05) is 0 Å². The number of hydrogen-bond donors (Lipinski definition) is 0. The average molecular weight is 440 g/mol. The van der Waals surface area contributed by atoms with Crippen LogP contribution >= 0.6 is 0 Å². The molecule has 1 fully saturated rings. The SMILES string of the molecule is CC(=O)c1cccc(S(=O)(=O)N2CCN(C(=O)c3cccc(C(F)(F)F)c3)CC2)c1. The lowest BCUT2D eigenvalue weighted by Gasteiger charge is -2.34. The van der Waals surface area contributed by atoms with Crippen LogP contribution in [-0.4, -0.2) is 55.5 Å². The Morgan fingerprint density at radius 3 is 2.10 bits per heavy atom. The molecule has 0 saturated carbocycles. The minimum Gasteiger partial charge on any atom is -0.336 e. The number of nitrogens with zero attached hydrogens (tertiary/aromatic N) is 2. The van der Waals surface area contributed by atoms with E-state index in [9.17, 15) is 31.2 Å². The normalized spacial score (nSPS) is 15.8. The molecule has 1 heterocycles. The summed E-state index contributed by atoms with van der Waals surface area (Å²) in [6, 6.07) is 9.84. The van der Waals surface area contributed by atoms with Crippen LogP contribution in [0.3, 0.4) is 0 Å². The summed E-state index contributed by atoms with van der Waals surface area (Å²) < 4.78 is 65.5. The highest BCUT2D eigenvalue weighted by Gasteiger charge is 2.33. The third kappa shape index (κ3) is 4.54. The van der Waals surface area contributed by atoms with Gasteiger partial charge < -0.3 is 4.90 Å². The number of halogens is 3. The molecule has 0 N–H and O–H groups in total. The van der Waals surface area contributed by atoms with Gasteiger partial charge in [0, 0.05) is 37.3 Å². The molecule has 160 valence electrons. The first-order chi connectivity index (χ1) is 14.0. The van der Waals surface area contributed by atoms with Crippen molar-refractivity contribution in [3.63, 3.8) is 0 Å². The molecule has 0 atom stereocenters. The number of amides is 1. The highest BCUT2D eigenvalue weighted by atomic mass is 32.2. The first-order valence-corrected chi connectivity index (χ1v) is 10.5. The Bertz CT molecular complexity index is 1080. The number of hydrogen-bond acceptors (Lipinski definition) is 4. The van der Waals surface area contributed by atoms with Crippen LogP contribution in [0.15, 0.2) is 53.4 Å². The van der Waals surface area contributed by atoms with Gasteiger partial charge in [-0.3, -0.25) is 9.59 Å². The monoisotopic (exact) mass is 440 g/mol. The van der Waals surface area contributed by atoms with Gasteiger partial charge in [0.2, 0.25) is 10.0 Å². The Balaban J connectivity index is 1.72. The molecule has 6 nitrogen and oxygen atoms in total. The van der Waals surface area contributed by atoms with Crippen LogP contribution in [0.2, 0.25) is 0 Å². The molecule has 1 amide bonds. The van der Waals surface area contributed by atoms with Crippen molar-refractivity contribution in [1.29, 1.82) is 0 Å². The van der Waals surface area contributed by atoms with E-state index in [4.69, 9.17) is 0 Å². The molecule has 3 rings (SSSR count). The number of carbonyl (C=O) groups excluding carboxylic acids is 2. The van der Waals surface area contributed by atoms with Crippen LogP contribution in [0.1, 0.15) is 33.2 Å². The molecule has 30 heavy (non-hydrogen) atoms. The van der Waals surface area contributed by atoms with Crippen LogP contribution in [-0.2, 0) is 16.2 Å². The van der Waals surface area contributed by atoms with E-state index in [1.54, 1.807) is 0 Å². The topological polar surface area (TPSA) is 74.8 Å². The Hall–Kier alpha value is -2.72. The maximum absolute atomic E-state index is 12.9. The number of ketones is 1. The smallest absolute Gasteiger partial charge is 0.336 e. The van der Waals surface area contributed by atoms with Gasteiger partial charge in [-0.25, -0.2) is 8.42 Å². The maximum atomic E-state index is 12.9. The number of alkyl halides is 3. The minimum absolute atomic E-state index is 0.00264. The van der Waals surface area contributed by atoms with E-state index in [2.05, 4.69) is 0 Å². The predicted molar refractivity (Wildman–Crippen MR) is 103 cm³/mol. The third-order valence-corrected chi connectivity index (χ3v) is 6.74. The molecule has 10 heteroatoms. The van der Waals surface area contributed by atoms with Gasteiger partial charge in [-0.05, 0) is 37.3 Å². The van der Waals surface area contributed by atoms with Crippen molar-refractivity contribution < 1.29 is 31.2 Å². The fraction of sp³-hybridized carbons (Fsp3) is 0.300. The zero-order valence-electron chi connectivity index (χ0n) is 16.0. The van der Waals surface area contributed by atoms with Gasteiger partial charge in [-0.1, -0.05) is 18.2 Å². The van der Waals surface area contributed by atoms with Crippen LogP contribution < -0.4 is 0 Å². The molecule has 1 aliphatic heterocycles. The summed E-state index contributed by atoms with van der Waals surface area (Å²) in [5.41, 5.74) is -0.746. The van der Waals surface area contributed by atoms with E-state index in [0.717, 1.165) is 12.1 Å². The zero-order chi connectivity index (χ0) is 22.1. The Kier molecular flexibility index (Phi) is 6.00. The van der Waals surface area contributed by atoms with E-state index < -0.39 is 27.7 Å². The van der Waals surface area contributed by atoms with Gasteiger partial charge in [0.1, 0.15) is 0 Å². The number of piperazine rings is 1. The van der Waals surface area contributed by atoms with E-state index in [0.29, 0.717) is 0 Å². The van der Waals surface area contributed by atoms with Crippen LogP contribution in [0.25, 0.3) is 0 Å². The van der Waals surface area contributed by atoms with Gasteiger partial charge in [0.15, 0.2) is 5.78 Å². The molecule has 2 aromatic rings. The quantitative estimate of drug-likeness (QED) is 0.685. The fourth-order valence-electron chi connectivity index (χ4n) is 3.17. The Morgan fingerprint density at radius 2 is 1.50 bits per heavy atom. The van der Waals surface area contributed by atoms with Crippen molar-refractivity contribution in [1.82, 2.24) is 9.21 Å². The summed E-state index contributed by atoms with van der Waals surface area (Å²) in [5.74, 6) is -0.847. The summed E-state index contributed by atoms with van der Waals surface area (Å²) in [5, 5.41) is 0. The fourth-order valence-corrected chi connectivity index (χ4v) is 4.64. The van der Waals surface area contributed by atoms with Crippen molar-refractivity contribution in [2.75, 3.05) is 26.2 Å². The lowest BCUT2D eigenvalue weighted by molar-refractivity contribution is -0.137. The second kappa shape index (κ2) is 8.19. The summed E-state index contributed by atoms with van der Waals surface area (Å²) in [4.78, 5) is 25.4.